The summed E-state index contributed by atoms with van der Waals surface area (Å²) in [7, 11) is 0. The molecule has 1 aromatic rings. The largest absolute Gasteiger partial charge is 0.449 e. The van der Waals surface area contributed by atoms with Gasteiger partial charge in [0.15, 0.2) is 6.23 Å². The minimum Gasteiger partial charge on any atom is -0.449 e. The van der Waals surface area contributed by atoms with Gasteiger partial charge >= 0.3 is 0 Å². The van der Waals surface area contributed by atoms with Gasteiger partial charge in [0.2, 0.25) is 0 Å². The molecule has 1 rings (SSSR count). The lowest BCUT2D eigenvalue weighted by molar-refractivity contribution is -0.133. The Kier molecular flexibility index (Phi) is 2.82. The molecular formula is C7H9FN2O2. The van der Waals surface area contributed by atoms with Gasteiger partial charge in [0, 0.05) is 18.3 Å². The minimum atomic E-state index is -0.722. The van der Waals surface area contributed by atoms with Gasteiger partial charge in [-0.05, 0) is 6.07 Å². The molecule has 0 aliphatic rings. The number of halogens is 1. The maximum Gasteiger partial charge on any atom is 0.294 e. The summed E-state index contributed by atoms with van der Waals surface area (Å²) in [5, 5.41) is 0. The van der Waals surface area contributed by atoms with Crippen LogP contribution < -0.4 is 5.73 Å². The number of nitrogens with two attached hydrogens (primary N) is 1. The second-order valence-electron chi connectivity index (χ2n) is 2.32. The number of hydrogen-bond acceptors (Lipinski definition) is 3. The van der Waals surface area contributed by atoms with Gasteiger partial charge in [0.25, 0.3) is 6.47 Å². The van der Waals surface area contributed by atoms with Crippen molar-refractivity contribution in [2.75, 3.05) is 0 Å². The van der Waals surface area contributed by atoms with Gasteiger partial charge in [-0.1, -0.05) is 0 Å². The van der Waals surface area contributed by atoms with E-state index in [1.165, 1.54) is 12.3 Å². The number of aromatic amines is 1. The van der Waals surface area contributed by atoms with Crippen LogP contribution in [-0.4, -0.2) is 17.7 Å². The Morgan fingerprint density at radius 2 is 2.58 bits per heavy atom. The molecule has 0 radical (unpaired) electrons. The van der Waals surface area contributed by atoms with Crippen molar-refractivity contribution in [3.63, 3.8) is 0 Å². The molecule has 0 fully saturated rings. The summed E-state index contributed by atoms with van der Waals surface area (Å²) in [5.41, 5.74) is 5.93. The van der Waals surface area contributed by atoms with Gasteiger partial charge in [-0.2, -0.15) is 0 Å². The van der Waals surface area contributed by atoms with Gasteiger partial charge in [-0.15, -0.1) is 0 Å². The fourth-order valence-electron chi connectivity index (χ4n) is 0.865. The Balaban J connectivity index is 2.46. The molecule has 0 saturated carbocycles. The zero-order chi connectivity index (χ0) is 8.97. The van der Waals surface area contributed by atoms with Crippen LogP contribution >= 0.6 is 0 Å². The average Bonchev–Trinajstić information content (AvgIpc) is 2.36. The Hall–Kier alpha value is -1.36. The number of hydrogen-bond donors (Lipinski definition) is 2. The first kappa shape index (κ1) is 8.73. The third kappa shape index (κ3) is 2.35. The standard InChI is InChI=1S/C7H9FN2O2/c8-5-1-6(10-3-5)2-7(9)12-4-11/h1,3-4,7,10H,2,9H2. The fraction of sp³-hybridized carbons (Fsp3) is 0.286. The van der Waals surface area contributed by atoms with Crippen molar-refractivity contribution in [3.8, 4) is 0 Å². The zero-order valence-corrected chi connectivity index (χ0v) is 6.29. The summed E-state index contributed by atoms with van der Waals surface area (Å²) in [4.78, 5) is 12.5. The monoisotopic (exact) mass is 172 g/mol. The maximum absolute atomic E-state index is 12.4. The predicted molar refractivity (Wildman–Crippen MR) is 39.6 cm³/mol. The summed E-state index contributed by atoms with van der Waals surface area (Å²) in [6.45, 7) is 0.268. The van der Waals surface area contributed by atoms with Gasteiger partial charge in [0.1, 0.15) is 5.82 Å². The smallest absolute Gasteiger partial charge is 0.294 e. The van der Waals surface area contributed by atoms with Crippen LogP contribution in [0.3, 0.4) is 0 Å². The van der Waals surface area contributed by atoms with Crippen molar-refractivity contribution in [1.29, 1.82) is 0 Å². The number of rotatable bonds is 4. The highest BCUT2D eigenvalue weighted by Gasteiger charge is 2.05. The lowest BCUT2D eigenvalue weighted by Crippen LogP contribution is -2.25. The second-order valence-corrected chi connectivity index (χ2v) is 2.32. The van der Waals surface area contributed by atoms with Crippen LogP contribution in [0.25, 0.3) is 0 Å². The Labute approximate surface area is 68.5 Å². The van der Waals surface area contributed by atoms with Crippen molar-refractivity contribution in [3.05, 3.63) is 23.8 Å². The topological polar surface area (TPSA) is 68.1 Å². The van der Waals surface area contributed by atoms with E-state index >= 15 is 0 Å². The summed E-state index contributed by atoms with van der Waals surface area (Å²) in [6.07, 6.45) is 0.770. The second kappa shape index (κ2) is 3.87. The molecular weight excluding hydrogens is 163 g/mol. The third-order valence-electron chi connectivity index (χ3n) is 1.36. The Morgan fingerprint density at radius 1 is 1.83 bits per heavy atom. The SMILES string of the molecule is NC(Cc1cc(F)c[nH]1)OC=O. The maximum atomic E-state index is 12.4. The molecule has 0 bridgehead atoms. The van der Waals surface area contributed by atoms with E-state index in [1.54, 1.807) is 0 Å². The lowest BCUT2D eigenvalue weighted by Gasteiger charge is -2.06. The fourth-order valence-corrected chi connectivity index (χ4v) is 0.865. The highest BCUT2D eigenvalue weighted by atomic mass is 19.1. The van der Waals surface area contributed by atoms with E-state index < -0.39 is 6.23 Å². The zero-order valence-electron chi connectivity index (χ0n) is 6.29. The molecule has 0 saturated heterocycles. The molecule has 0 aliphatic carbocycles. The highest BCUT2D eigenvalue weighted by Crippen LogP contribution is 2.03. The van der Waals surface area contributed by atoms with Crippen LogP contribution in [0, 0.1) is 5.82 Å². The van der Waals surface area contributed by atoms with Crippen molar-refractivity contribution in [2.24, 2.45) is 5.73 Å². The number of H-pyrrole nitrogens is 1. The van der Waals surface area contributed by atoms with Crippen molar-refractivity contribution in [1.82, 2.24) is 4.98 Å². The van der Waals surface area contributed by atoms with Crippen LogP contribution in [0.1, 0.15) is 5.69 Å². The molecule has 1 heterocycles. The van der Waals surface area contributed by atoms with Gasteiger partial charge in [-0.25, -0.2) is 4.39 Å². The van der Waals surface area contributed by atoms with E-state index in [0.29, 0.717) is 5.69 Å². The highest BCUT2D eigenvalue weighted by molar-refractivity contribution is 5.37. The third-order valence-corrected chi connectivity index (χ3v) is 1.36. The Morgan fingerprint density at radius 3 is 3.08 bits per heavy atom. The molecule has 5 heteroatoms. The van der Waals surface area contributed by atoms with Crippen molar-refractivity contribution < 1.29 is 13.9 Å². The summed E-state index contributed by atoms with van der Waals surface area (Å²) in [6, 6.07) is 1.30. The van der Waals surface area contributed by atoms with Crippen LogP contribution in [0.2, 0.25) is 0 Å². The number of ether oxygens (including phenoxy) is 1. The number of carbonyl (C=O) groups is 1. The summed E-state index contributed by atoms with van der Waals surface area (Å²) in [5.74, 6) is -0.358. The first-order valence-corrected chi connectivity index (χ1v) is 3.40. The van der Waals surface area contributed by atoms with Gasteiger partial charge in [-0.3, -0.25) is 10.5 Å². The molecule has 1 unspecified atom stereocenters. The molecule has 12 heavy (non-hydrogen) atoms. The first-order chi connectivity index (χ1) is 5.72. The molecule has 0 spiro atoms. The molecule has 1 atom stereocenters. The predicted octanol–water partition coefficient (Wildman–Crippen LogP) is 0.154. The van der Waals surface area contributed by atoms with E-state index in [-0.39, 0.29) is 18.7 Å². The molecule has 1 aromatic heterocycles. The van der Waals surface area contributed by atoms with Crippen molar-refractivity contribution >= 4 is 6.47 Å². The van der Waals surface area contributed by atoms with Gasteiger partial charge < -0.3 is 9.72 Å². The minimum absolute atomic E-state index is 0.268. The molecule has 3 N–H and O–H groups in total. The average molecular weight is 172 g/mol. The van der Waals surface area contributed by atoms with E-state index in [0.717, 1.165) is 0 Å². The number of aromatic nitrogens is 1. The van der Waals surface area contributed by atoms with E-state index in [9.17, 15) is 9.18 Å². The first-order valence-electron chi connectivity index (χ1n) is 3.40. The number of nitrogens with one attached hydrogen (secondary N) is 1. The van der Waals surface area contributed by atoms with Crippen molar-refractivity contribution in [2.45, 2.75) is 12.6 Å². The van der Waals surface area contributed by atoms with Crippen LogP contribution in [0.5, 0.6) is 0 Å². The van der Waals surface area contributed by atoms with E-state index in [1.807, 2.05) is 0 Å². The summed E-state index contributed by atoms with van der Waals surface area (Å²) >= 11 is 0. The van der Waals surface area contributed by atoms with Crippen LogP contribution in [0.4, 0.5) is 4.39 Å². The molecule has 0 amide bonds. The molecule has 66 valence electrons. The summed E-state index contributed by atoms with van der Waals surface area (Å²) < 4.78 is 16.8. The van der Waals surface area contributed by atoms with E-state index in [4.69, 9.17) is 5.73 Å². The molecule has 0 aromatic carbocycles. The number of carbonyl (C=O) groups excluding carboxylic acids is 1. The quantitative estimate of drug-likeness (QED) is 0.502. The van der Waals surface area contributed by atoms with E-state index in [2.05, 4.69) is 9.72 Å². The van der Waals surface area contributed by atoms with Gasteiger partial charge in [0.05, 0.1) is 0 Å². The van der Waals surface area contributed by atoms with Crippen LogP contribution in [-0.2, 0) is 16.0 Å². The Bertz CT molecular complexity index is 262. The molecule has 0 aliphatic heterocycles. The van der Waals surface area contributed by atoms with Crippen LogP contribution in [0.15, 0.2) is 12.3 Å². The molecule has 4 nitrogen and oxygen atoms in total. The lowest BCUT2D eigenvalue weighted by atomic mass is 10.3. The normalized spacial score (nSPS) is 12.5.